The quantitative estimate of drug-likeness (QED) is 0.0632. The Kier molecular flexibility index (Phi) is 14.9. The number of amides is 2. The van der Waals surface area contributed by atoms with Crippen molar-refractivity contribution in [2.24, 2.45) is 0 Å². The zero-order valence-corrected chi connectivity index (χ0v) is 38.0. The molecule has 342 valence electrons. The second-order valence-electron chi connectivity index (χ2n) is 14.1. The van der Waals surface area contributed by atoms with E-state index in [0.29, 0.717) is 45.9 Å². The van der Waals surface area contributed by atoms with E-state index < -0.39 is 23.8 Å². The fourth-order valence-electron chi connectivity index (χ4n) is 6.90. The van der Waals surface area contributed by atoms with Crippen LogP contribution in [0.3, 0.4) is 0 Å². The summed E-state index contributed by atoms with van der Waals surface area (Å²) in [7, 11) is 14.8. The zero-order valence-electron chi connectivity index (χ0n) is 38.0. The summed E-state index contributed by atoms with van der Waals surface area (Å²) in [5.74, 6) is 1.05. The Labute approximate surface area is 381 Å². The fourth-order valence-corrected chi connectivity index (χ4v) is 6.90. The van der Waals surface area contributed by atoms with E-state index in [4.69, 9.17) is 47.4 Å². The van der Waals surface area contributed by atoms with Gasteiger partial charge in [-0.1, -0.05) is 24.3 Å². The molecule has 16 nitrogen and oxygen atoms in total. The Bertz CT molecular complexity index is 2560. The SMILES string of the molecule is COc1cc(OC)c(C(=O)N(C)c2ccc(C(=O)Oc3ccc(-c4ccc(OC(=O)c5ccc(N(C)C(=O)c6cc(OC)c(OC)cc6OC)c(OC)c5)cc4)cc3)cc2OC)cc1OC. The van der Waals surface area contributed by atoms with Crippen molar-refractivity contribution in [1.82, 2.24) is 0 Å². The molecule has 6 aromatic carbocycles. The van der Waals surface area contributed by atoms with Crippen molar-refractivity contribution in [3.63, 3.8) is 0 Å². The molecule has 0 aliphatic heterocycles. The van der Waals surface area contributed by atoms with E-state index >= 15 is 0 Å². The lowest BCUT2D eigenvalue weighted by atomic mass is 10.1. The lowest BCUT2D eigenvalue weighted by molar-refractivity contribution is 0.0725. The van der Waals surface area contributed by atoms with Crippen LogP contribution in [0.25, 0.3) is 11.1 Å². The number of anilines is 2. The van der Waals surface area contributed by atoms with Gasteiger partial charge in [0.2, 0.25) is 0 Å². The predicted octanol–water partition coefficient (Wildman–Crippen LogP) is 8.41. The summed E-state index contributed by atoms with van der Waals surface area (Å²) >= 11 is 0. The smallest absolute Gasteiger partial charge is 0.343 e. The number of carbonyl (C=O) groups excluding carboxylic acids is 4. The summed E-state index contributed by atoms with van der Waals surface area (Å²) in [5.41, 5.74) is 3.23. The summed E-state index contributed by atoms with van der Waals surface area (Å²) in [4.78, 5) is 56.6. The van der Waals surface area contributed by atoms with Crippen LogP contribution in [0.1, 0.15) is 41.4 Å². The highest BCUT2D eigenvalue weighted by molar-refractivity contribution is 6.10. The monoisotopic (exact) mass is 900 g/mol. The number of hydrogen-bond acceptors (Lipinski definition) is 14. The molecule has 0 atom stereocenters. The molecule has 6 rings (SSSR count). The maximum absolute atomic E-state index is 13.7. The fraction of sp³-hybridized carbons (Fsp3) is 0.200. The van der Waals surface area contributed by atoms with Crippen LogP contribution in [-0.4, -0.2) is 94.7 Å². The van der Waals surface area contributed by atoms with E-state index in [0.717, 1.165) is 11.1 Å². The molecule has 0 aliphatic carbocycles. The van der Waals surface area contributed by atoms with E-state index in [1.54, 1.807) is 86.9 Å². The molecule has 0 bridgehead atoms. The molecule has 0 aliphatic rings. The van der Waals surface area contributed by atoms with Gasteiger partial charge in [0, 0.05) is 38.4 Å². The average Bonchev–Trinajstić information content (AvgIpc) is 3.36. The van der Waals surface area contributed by atoms with Crippen molar-refractivity contribution >= 4 is 35.1 Å². The first-order valence-corrected chi connectivity index (χ1v) is 20.0. The Morgan fingerprint density at radius 1 is 0.348 bits per heavy atom. The van der Waals surface area contributed by atoms with Gasteiger partial charge in [-0.25, -0.2) is 9.59 Å². The molecule has 66 heavy (non-hydrogen) atoms. The molecule has 0 fully saturated rings. The first-order valence-electron chi connectivity index (χ1n) is 20.0. The van der Waals surface area contributed by atoms with Crippen LogP contribution >= 0.6 is 0 Å². The Morgan fingerprint density at radius 3 is 0.955 bits per heavy atom. The van der Waals surface area contributed by atoms with Gasteiger partial charge in [0.25, 0.3) is 11.8 Å². The number of carbonyl (C=O) groups is 4. The van der Waals surface area contributed by atoms with Gasteiger partial charge in [0.15, 0.2) is 23.0 Å². The summed E-state index contributed by atoms with van der Waals surface area (Å²) in [5, 5.41) is 0. The molecule has 6 aromatic rings. The lowest BCUT2D eigenvalue weighted by Gasteiger charge is -2.22. The number of esters is 2. The van der Waals surface area contributed by atoms with Gasteiger partial charge in [-0.3, -0.25) is 9.59 Å². The number of benzene rings is 6. The van der Waals surface area contributed by atoms with E-state index in [1.807, 2.05) is 0 Å². The lowest BCUT2D eigenvalue weighted by Crippen LogP contribution is -2.27. The van der Waals surface area contributed by atoms with Crippen molar-refractivity contribution in [3.8, 4) is 68.6 Å². The summed E-state index contributed by atoms with van der Waals surface area (Å²) < 4.78 is 54.8. The van der Waals surface area contributed by atoms with Crippen molar-refractivity contribution in [3.05, 3.63) is 131 Å². The van der Waals surface area contributed by atoms with Gasteiger partial charge in [0.1, 0.15) is 34.5 Å². The van der Waals surface area contributed by atoms with Gasteiger partial charge in [-0.15, -0.1) is 0 Å². The summed E-state index contributed by atoms with van der Waals surface area (Å²) in [6.45, 7) is 0. The number of ether oxygens (including phenoxy) is 10. The minimum atomic E-state index is -0.641. The zero-order chi connectivity index (χ0) is 47.7. The molecule has 0 N–H and O–H groups in total. The predicted molar refractivity (Wildman–Crippen MR) is 245 cm³/mol. The number of methoxy groups -OCH3 is 8. The third-order valence-corrected chi connectivity index (χ3v) is 10.5. The molecule has 0 spiro atoms. The highest BCUT2D eigenvalue weighted by Crippen LogP contribution is 2.39. The minimum absolute atomic E-state index is 0.193. The highest BCUT2D eigenvalue weighted by atomic mass is 16.5. The number of nitrogens with zero attached hydrogens (tertiary/aromatic N) is 2. The van der Waals surface area contributed by atoms with E-state index in [1.165, 1.54) is 103 Å². The van der Waals surface area contributed by atoms with Crippen molar-refractivity contribution in [1.29, 1.82) is 0 Å². The van der Waals surface area contributed by atoms with Crippen LogP contribution in [0.2, 0.25) is 0 Å². The third kappa shape index (κ3) is 9.87. The molecule has 0 heterocycles. The standard InChI is InChI=1S/C50H48N2O14/c1-51(47(53)35-25-43(61-7)45(63-9)27-39(35)57-3)37-21-15-31(23-41(37)59-5)49(55)65-33-17-11-29(12-18-33)30-13-19-34(20-14-30)66-50(56)32-16-22-38(42(24-32)60-6)52(2)48(54)36-26-44(62-8)46(64-10)28-40(36)58-4/h11-28H,1-10H3. The molecule has 2 amide bonds. The summed E-state index contributed by atoms with van der Waals surface area (Å²) in [6.07, 6.45) is 0. The topological polar surface area (TPSA) is 167 Å². The van der Waals surface area contributed by atoms with Crippen LogP contribution in [0, 0.1) is 0 Å². The molecule has 0 unspecified atom stereocenters. The Hall–Kier alpha value is -8.40. The second-order valence-corrected chi connectivity index (χ2v) is 14.1. The Morgan fingerprint density at radius 2 is 0.652 bits per heavy atom. The number of rotatable bonds is 17. The van der Waals surface area contributed by atoms with Crippen LogP contribution in [-0.2, 0) is 0 Å². The molecular weight excluding hydrogens is 853 g/mol. The summed E-state index contributed by atoms with van der Waals surface area (Å²) in [6, 6.07) is 29.2. The maximum Gasteiger partial charge on any atom is 0.343 e. The second kappa shape index (κ2) is 20.9. The van der Waals surface area contributed by atoms with Crippen LogP contribution < -0.4 is 57.2 Å². The van der Waals surface area contributed by atoms with Gasteiger partial charge in [-0.05, 0) is 71.8 Å². The number of hydrogen-bond donors (Lipinski definition) is 0. The molecular formula is C50H48N2O14. The first kappa shape index (κ1) is 47.1. The molecule has 0 saturated carbocycles. The Balaban J connectivity index is 1.09. The first-order chi connectivity index (χ1) is 31.8. The van der Waals surface area contributed by atoms with Gasteiger partial charge < -0.3 is 57.2 Å². The van der Waals surface area contributed by atoms with Crippen LogP contribution in [0.4, 0.5) is 11.4 Å². The highest BCUT2D eigenvalue weighted by Gasteiger charge is 2.26. The van der Waals surface area contributed by atoms with E-state index in [2.05, 4.69) is 0 Å². The van der Waals surface area contributed by atoms with Crippen molar-refractivity contribution in [2.75, 3.05) is 80.8 Å². The average molecular weight is 901 g/mol. The molecule has 0 radical (unpaired) electrons. The van der Waals surface area contributed by atoms with Crippen LogP contribution in [0.15, 0.2) is 109 Å². The molecule has 0 saturated heterocycles. The largest absolute Gasteiger partial charge is 0.496 e. The van der Waals surface area contributed by atoms with Gasteiger partial charge in [-0.2, -0.15) is 0 Å². The minimum Gasteiger partial charge on any atom is -0.496 e. The normalized spacial score (nSPS) is 10.5. The van der Waals surface area contributed by atoms with E-state index in [-0.39, 0.29) is 45.3 Å². The van der Waals surface area contributed by atoms with E-state index in [9.17, 15) is 19.2 Å². The third-order valence-electron chi connectivity index (χ3n) is 10.5. The van der Waals surface area contributed by atoms with Gasteiger partial charge >= 0.3 is 11.9 Å². The van der Waals surface area contributed by atoms with Crippen LogP contribution in [0.5, 0.6) is 57.5 Å². The van der Waals surface area contributed by atoms with Crippen molar-refractivity contribution in [2.45, 2.75) is 0 Å². The maximum atomic E-state index is 13.7. The molecule has 16 heteroatoms. The van der Waals surface area contributed by atoms with Gasteiger partial charge in [0.05, 0.1) is 90.5 Å². The van der Waals surface area contributed by atoms with Crippen molar-refractivity contribution < 1.29 is 66.5 Å². The molecule has 0 aromatic heterocycles.